The summed E-state index contributed by atoms with van der Waals surface area (Å²) in [6, 6.07) is 42.0. The van der Waals surface area contributed by atoms with Crippen LogP contribution in [0.3, 0.4) is 0 Å². The van der Waals surface area contributed by atoms with Crippen LogP contribution in [0.4, 0.5) is 30.7 Å². The van der Waals surface area contributed by atoms with E-state index >= 15 is 0 Å². The SMILES string of the molecule is CC(=O)N=C([O-])C(F)(F)F.CCC(C)(C)C(=O)OC(C)(C)c1cccc(F)c1.CCC(C)(C)C(=O)OC12CC3CC(C1)CC(C(=O)OC(CS(=O)(=O)[O-])C(F)(F)F)(C3)C2.CCC(C)(C)C(=O)OC1CC(C)(C)C(C)C(C)(C)C1.CCC(C)c1cccc(O)c1.c1ccc(-[s+]2c3ccccc3c3ccccc32)cc1. The number of esters is 4. The number of rotatable bonds is 17. The highest BCUT2D eigenvalue weighted by atomic mass is 32.2. The van der Waals surface area contributed by atoms with Crippen molar-refractivity contribution in [2.45, 2.75) is 250 Å². The first-order valence-corrected chi connectivity index (χ1v) is 39.7. The van der Waals surface area contributed by atoms with Crippen LogP contribution in [0.1, 0.15) is 226 Å². The van der Waals surface area contributed by atoms with Crippen LogP contribution in [-0.4, -0.2) is 89.7 Å². The largest absolute Gasteiger partial charge is 0.855 e. The summed E-state index contributed by atoms with van der Waals surface area (Å²) in [4.78, 5) is 63.4. The molecular formula is C84H111F7NO14S2-. The van der Waals surface area contributed by atoms with Gasteiger partial charge in [-0.15, -0.1) is 0 Å². The standard InChI is InChI=1S/C20H29F3O7S.C18H13S.C17H32O2.C15H21FO2.C10H14O.C4H4F3NO2/c1-4-17(2,3)15(24)30-19-8-12-5-13(9-19)7-18(6-12,11-19)16(25)29-14(20(21,22)23)10-31(26,27)28;1-2-8-14(9-3-1)19-17-12-6-4-10-15(17)16-11-5-7-13-18(16)19;1-9-15(3,4)14(18)19-13-10-16(5,6)12(2)17(7,8)11-13;1-6-14(2,3)13(17)18-15(4,5)11-8-7-9-12(16)10-11;1-3-8(2)9-5-4-6-10(11)7-9;1-2(9)8-3(10)4(5,6)7/h12-14H,4-11H2,1-3H3,(H,26,27,28);1-13H;12-13H,9-11H2,1-8H3;7-10H,6H2,1-5H3;4-8,11H,3H2,1-2H3;1H3,(H,8,9,10)/q;+1;;;;/p-2. The van der Waals surface area contributed by atoms with Gasteiger partial charge in [-0.25, -0.2) is 17.8 Å². The Balaban J connectivity index is 0.000000242. The third-order valence-electron chi connectivity index (χ3n) is 22.1. The first kappa shape index (κ1) is 91.2. The molecule has 0 spiro atoms. The number of carbonyl (C=O) groups excluding carboxylic acids is 5. The summed E-state index contributed by atoms with van der Waals surface area (Å²) >= 11 is 0. The molecule has 108 heavy (non-hydrogen) atoms. The molecule has 0 radical (unpaired) electrons. The Morgan fingerprint density at radius 2 is 1.13 bits per heavy atom. The second-order valence-corrected chi connectivity index (χ2v) is 36.6. The minimum absolute atomic E-state index is 0.00100. The zero-order chi connectivity index (χ0) is 81.8. The predicted octanol–water partition coefficient (Wildman–Crippen LogP) is 20.7. The Kier molecular flexibility index (Phi) is 30.5. The molecule has 1 aromatic heterocycles. The van der Waals surface area contributed by atoms with Crippen molar-refractivity contribution < 1.29 is 96.8 Å². The van der Waals surface area contributed by atoms with Crippen molar-refractivity contribution >= 4 is 76.4 Å². The van der Waals surface area contributed by atoms with Gasteiger partial charge in [0.2, 0.25) is 12.0 Å². The number of fused-ring (bicyclic) bond motifs is 3. The van der Waals surface area contributed by atoms with Gasteiger partial charge >= 0.3 is 36.2 Å². The molecule has 4 bridgehead atoms. The highest BCUT2D eigenvalue weighted by Gasteiger charge is 2.64. The van der Waals surface area contributed by atoms with Gasteiger partial charge in [-0.1, -0.05) is 136 Å². The van der Waals surface area contributed by atoms with Crippen LogP contribution >= 0.6 is 10.5 Å². The number of ether oxygens (including phenoxy) is 4. The topological polar surface area (TPSA) is 235 Å². The molecule has 15 nitrogen and oxygen atoms in total. The van der Waals surface area contributed by atoms with Crippen molar-refractivity contribution in [3.63, 3.8) is 0 Å². The molecule has 1 N–H and O–H groups in total. The summed E-state index contributed by atoms with van der Waals surface area (Å²) in [7, 11) is -5.21. The van der Waals surface area contributed by atoms with Gasteiger partial charge in [-0.2, -0.15) is 26.3 Å². The molecule has 598 valence electrons. The molecule has 24 heteroatoms. The molecule has 11 rings (SSSR count). The Hall–Kier alpha value is -7.44. The Morgan fingerprint density at radius 3 is 1.57 bits per heavy atom. The van der Waals surface area contributed by atoms with E-state index in [1.54, 1.807) is 45.9 Å². The number of benzene rings is 5. The number of alkyl halides is 6. The lowest BCUT2D eigenvalue weighted by Gasteiger charge is -2.60. The smallest absolute Gasteiger partial charge is 0.426 e. The Morgan fingerprint density at radius 1 is 0.648 bits per heavy atom. The lowest BCUT2D eigenvalue weighted by Crippen LogP contribution is -2.61. The van der Waals surface area contributed by atoms with Gasteiger partial charge in [0.05, 0.1) is 43.4 Å². The molecule has 6 aromatic rings. The third kappa shape index (κ3) is 24.8. The number of amides is 1. The van der Waals surface area contributed by atoms with E-state index in [0.717, 1.165) is 39.0 Å². The van der Waals surface area contributed by atoms with Crippen molar-refractivity contribution in [2.75, 3.05) is 5.75 Å². The zero-order valence-electron chi connectivity index (χ0n) is 65.9. The van der Waals surface area contributed by atoms with Crippen LogP contribution in [0.5, 0.6) is 5.75 Å². The van der Waals surface area contributed by atoms with Crippen LogP contribution in [0.15, 0.2) is 132 Å². The average Bonchev–Trinajstić information content (AvgIpc) is 0.934. The molecule has 5 aliphatic rings. The molecule has 0 aliphatic heterocycles. The molecule has 4 atom stereocenters. The van der Waals surface area contributed by atoms with E-state index in [1.807, 2.05) is 66.7 Å². The van der Waals surface area contributed by atoms with E-state index in [0.29, 0.717) is 61.7 Å². The van der Waals surface area contributed by atoms with Crippen LogP contribution in [0.2, 0.25) is 0 Å². The minimum atomic E-state index is -5.27. The maximum atomic E-state index is 13.3. The van der Waals surface area contributed by atoms with Crippen LogP contribution < -0.4 is 5.11 Å². The van der Waals surface area contributed by atoms with E-state index in [4.69, 9.17) is 19.3 Å². The number of halogens is 7. The maximum Gasteiger partial charge on any atom is 0.426 e. The summed E-state index contributed by atoms with van der Waals surface area (Å²) in [5.74, 6) is -6.05. The average molecular weight is 1560 g/mol. The van der Waals surface area contributed by atoms with E-state index in [2.05, 4.69) is 137 Å². The van der Waals surface area contributed by atoms with Crippen molar-refractivity contribution in [2.24, 2.45) is 55.2 Å². The molecule has 0 saturated heterocycles. The summed E-state index contributed by atoms with van der Waals surface area (Å²) < 4.78 is 144. The van der Waals surface area contributed by atoms with Gasteiger partial charge < -0.3 is 33.7 Å². The summed E-state index contributed by atoms with van der Waals surface area (Å²) in [6.07, 6.45) is -5.52. The lowest BCUT2D eigenvalue weighted by atomic mass is 9.48. The van der Waals surface area contributed by atoms with E-state index < -0.39 is 85.5 Å². The van der Waals surface area contributed by atoms with E-state index in [9.17, 15) is 72.8 Å². The van der Waals surface area contributed by atoms with Gasteiger partial charge in [0.25, 0.3) is 0 Å². The van der Waals surface area contributed by atoms with E-state index in [-0.39, 0.29) is 68.8 Å². The molecular weight excluding hydrogens is 1440 g/mol. The minimum Gasteiger partial charge on any atom is -0.855 e. The summed E-state index contributed by atoms with van der Waals surface area (Å²) in [5, 5.41) is 21.7. The zero-order valence-corrected chi connectivity index (χ0v) is 67.6. The van der Waals surface area contributed by atoms with Gasteiger partial charge in [-0.05, 0) is 232 Å². The number of phenolic OH excluding ortho intramolecular Hbond substituents is 1. The number of nitrogens with zero attached hydrogens (tertiary/aromatic N) is 1. The van der Waals surface area contributed by atoms with E-state index in [1.165, 1.54) is 42.8 Å². The highest BCUT2D eigenvalue weighted by molar-refractivity contribution is 7.85. The van der Waals surface area contributed by atoms with Gasteiger partial charge in [-0.3, -0.25) is 24.0 Å². The van der Waals surface area contributed by atoms with Crippen molar-refractivity contribution in [3.8, 4) is 10.6 Å². The highest BCUT2D eigenvalue weighted by Crippen LogP contribution is 2.64. The van der Waals surface area contributed by atoms with Gasteiger partial charge in [0.1, 0.15) is 28.9 Å². The molecule has 5 saturated carbocycles. The van der Waals surface area contributed by atoms with Crippen LogP contribution in [0.25, 0.3) is 25.1 Å². The van der Waals surface area contributed by atoms with Crippen molar-refractivity contribution in [1.29, 1.82) is 0 Å². The number of hydrogen-bond acceptors (Lipinski definition) is 14. The fourth-order valence-corrected chi connectivity index (χ4v) is 17.2. The summed E-state index contributed by atoms with van der Waals surface area (Å²) in [5.41, 5.74) is -2.35. The number of hydrogen-bond donors (Lipinski definition) is 1. The Labute approximate surface area is 636 Å². The molecule has 5 aromatic carbocycles. The molecule has 4 unspecified atom stereocenters. The monoisotopic (exact) mass is 1550 g/mol. The molecule has 1 heterocycles. The lowest BCUT2D eigenvalue weighted by molar-refractivity contribution is -0.262. The number of carbonyl (C=O) groups is 5. The number of thiophene rings is 1. The quantitative estimate of drug-likeness (QED) is 0.0170. The molecule has 5 aliphatic carbocycles. The normalized spacial score (nSPS) is 21.5. The predicted molar refractivity (Wildman–Crippen MR) is 406 cm³/mol. The fourth-order valence-electron chi connectivity index (χ4n) is 14.2. The molecule has 5 fully saturated rings. The van der Waals surface area contributed by atoms with Gasteiger partial charge in [0.15, 0.2) is 14.3 Å². The maximum absolute atomic E-state index is 13.3. The number of phenols is 1. The molecule has 1 amide bonds. The summed E-state index contributed by atoms with van der Waals surface area (Å²) in [6.45, 7) is 37.1. The first-order valence-electron chi connectivity index (χ1n) is 36.9. The third-order valence-corrected chi connectivity index (χ3v) is 25.1. The van der Waals surface area contributed by atoms with Gasteiger partial charge in [0, 0.05) is 34.6 Å². The Bertz CT molecular complexity index is 4110. The second kappa shape index (κ2) is 36.2. The van der Waals surface area contributed by atoms with Crippen molar-refractivity contribution in [3.05, 3.63) is 144 Å². The number of aromatic hydroxyl groups is 1. The number of aliphatic imine (C=N–C) groups is 1. The van der Waals surface area contributed by atoms with Crippen LogP contribution in [-0.2, 0) is 58.6 Å². The van der Waals surface area contributed by atoms with Crippen molar-refractivity contribution in [1.82, 2.24) is 0 Å². The first-order chi connectivity index (χ1) is 49.6. The fraction of sp³-hybridized carbons (Fsp3) is 0.571. The second-order valence-electron chi connectivity index (χ2n) is 33.2. The van der Waals surface area contributed by atoms with Crippen LogP contribution in [0, 0.1) is 56.1 Å².